The number of rotatable bonds is 0. The molecule has 0 aromatic carbocycles. The van der Waals surface area contributed by atoms with Gasteiger partial charge in [0.25, 0.3) is 0 Å². The minimum absolute atomic E-state index is 0.209. The van der Waals surface area contributed by atoms with Crippen molar-refractivity contribution in [3.05, 3.63) is 0 Å². The minimum atomic E-state index is -2.02. The molecule has 0 amide bonds. The minimum Gasteiger partial charge on any atom is -0.307 e. The van der Waals surface area contributed by atoms with Gasteiger partial charge in [0.2, 0.25) is 0 Å². The van der Waals surface area contributed by atoms with Gasteiger partial charge in [-0.2, -0.15) is 0 Å². The average Bonchev–Trinajstić information content (AvgIpc) is 2.08. The standard InChI is InChI=1S/C7H12NOP/c1-4-7-5-8(2)10(3,9)6-7/h1,7H,5-6H2,2-3H3. The Bertz CT molecular complexity index is 218. The van der Waals surface area contributed by atoms with Crippen molar-refractivity contribution in [2.75, 3.05) is 26.4 Å². The third-order valence-electron chi connectivity index (χ3n) is 2.00. The zero-order valence-electron chi connectivity index (χ0n) is 6.37. The van der Waals surface area contributed by atoms with Crippen molar-refractivity contribution in [2.45, 2.75) is 0 Å². The third kappa shape index (κ3) is 1.26. The van der Waals surface area contributed by atoms with Gasteiger partial charge in [-0.25, -0.2) is 0 Å². The summed E-state index contributed by atoms with van der Waals surface area (Å²) in [7, 11) is -0.143. The van der Waals surface area contributed by atoms with Crippen LogP contribution in [0.1, 0.15) is 0 Å². The number of terminal acetylenes is 1. The van der Waals surface area contributed by atoms with Crippen LogP contribution >= 0.6 is 7.29 Å². The Balaban J connectivity index is 2.73. The topological polar surface area (TPSA) is 20.3 Å². The van der Waals surface area contributed by atoms with E-state index < -0.39 is 7.29 Å². The Labute approximate surface area is 62.0 Å². The SMILES string of the molecule is C#CC1CN(C)P(C)(=O)C1. The van der Waals surface area contributed by atoms with Crippen LogP contribution in [0.15, 0.2) is 0 Å². The van der Waals surface area contributed by atoms with Crippen molar-refractivity contribution in [2.24, 2.45) is 5.92 Å². The van der Waals surface area contributed by atoms with E-state index in [-0.39, 0.29) is 5.92 Å². The molecule has 0 N–H and O–H groups in total. The van der Waals surface area contributed by atoms with Gasteiger partial charge in [0.1, 0.15) is 7.29 Å². The van der Waals surface area contributed by atoms with Crippen molar-refractivity contribution in [3.63, 3.8) is 0 Å². The largest absolute Gasteiger partial charge is 0.307 e. The van der Waals surface area contributed by atoms with E-state index in [0.717, 1.165) is 6.54 Å². The van der Waals surface area contributed by atoms with Crippen molar-refractivity contribution in [1.82, 2.24) is 4.67 Å². The summed E-state index contributed by atoms with van der Waals surface area (Å²) in [6.45, 7) is 2.59. The van der Waals surface area contributed by atoms with Gasteiger partial charge in [-0.15, -0.1) is 12.3 Å². The summed E-state index contributed by atoms with van der Waals surface area (Å²) >= 11 is 0. The Hall–Kier alpha value is -0.250. The fourth-order valence-corrected chi connectivity index (χ4v) is 3.06. The van der Waals surface area contributed by atoms with Crippen molar-refractivity contribution in [1.29, 1.82) is 0 Å². The predicted octanol–water partition coefficient (Wildman–Crippen LogP) is 1.09. The van der Waals surface area contributed by atoms with Crippen molar-refractivity contribution < 1.29 is 4.57 Å². The van der Waals surface area contributed by atoms with Gasteiger partial charge in [0.15, 0.2) is 0 Å². The molecule has 1 aliphatic heterocycles. The molecule has 1 aliphatic rings. The van der Waals surface area contributed by atoms with E-state index in [2.05, 4.69) is 5.92 Å². The summed E-state index contributed by atoms with van der Waals surface area (Å²) < 4.78 is 13.4. The number of hydrogen-bond acceptors (Lipinski definition) is 1. The van der Waals surface area contributed by atoms with Crippen LogP contribution in [0.3, 0.4) is 0 Å². The van der Waals surface area contributed by atoms with E-state index >= 15 is 0 Å². The molecular weight excluding hydrogens is 145 g/mol. The highest BCUT2D eigenvalue weighted by Gasteiger charge is 2.33. The molecule has 0 aromatic heterocycles. The van der Waals surface area contributed by atoms with Crippen LogP contribution in [-0.2, 0) is 4.57 Å². The maximum Gasteiger partial charge on any atom is 0.148 e. The molecule has 2 nitrogen and oxygen atoms in total. The molecule has 0 aromatic rings. The summed E-state index contributed by atoms with van der Waals surface area (Å²) in [5.41, 5.74) is 0. The molecule has 1 saturated heterocycles. The summed E-state index contributed by atoms with van der Waals surface area (Å²) in [5, 5.41) is 0. The zero-order chi connectivity index (χ0) is 7.78. The van der Waals surface area contributed by atoms with Crippen LogP contribution in [0.4, 0.5) is 0 Å². The molecule has 1 fully saturated rings. The number of nitrogens with zero attached hydrogens (tertiary/aromatic N) is 1. The van der Waals surface area contributed by atoms with E-state index in [1.54, 1.807) is 6.66 Å². The van der Waals surface area contributed by atoms with Crippen molar-refractivity contribution in [3.8, 4) is 12.3 Å². The Morgan fingerprint density at radius 2 is 2.40 bits per heavy atom. The fourth-order valence-electron chi connectivity index (χ4n) is 1.20. The maximum absolute atomic E-state index is 11.5. The predicted molar refractivity (Wildman–Crippen MR) is 43.4 cm³/mol. The Kier molecular flexibility index (Phi) is 1.90. The molecule has 0 radical (unpaired) electrons. The maximum atomic E-state index is 11.5. The van der Waals surface area contributed by atoms with Crippen molar-refractivity contribution >= 4 is 7.29 Å². The molecule has 0 aliphatic carbocycles. The van der Waals surface area contributed by atoms with Gasteiger partial charge < -0.3 is 4.57 Å². The lowest BCUT2D eigenvalue weighted by atomic mass is 10.2. The van der Waals surface area contributed by atoms with E-state index in [9.17, 15) is 4.57 Å². The quantitative estimate of drug-likeness (QED) is 0.387. The molecular formula is C7H12NOP. The van der Waals surface area contributed by atoms with Gasteiger partial charge in [0.05, 0.1) is 0 Å². The highest BCUT2D eigenvalue weighted by atomic mass is 31.2. The zero-order valence-corrected chi connectivity index (χ0v) is 7.27. The molecule has 56 valence electrons. The Morgan fingerprint density at radius 3 is 2.60 bits per heavy atom. The smallest absolute Gasteiger partial charge is 0.148 e. The van der Waals surface area contributed by atoms with Crippen LogP contribution < -0.4 is 0 Å². The van der Waals surface area contributed by atoms with E-state index in [1.807, 2.05) is 11.7 Å². The highest BCUT2D eigenvalue weighted by Crippen LogP contribution is 2.51. The normalized spacial score (nSPS) is 41.5. The third-order valence-corrected chi connectivity index (χ3v) is 4.73. The van der Waals surface area contributed by atoms with Crippen LogP contribution in [0.25, 0.3) is 0 Å². The monoisotopic (exact) mass is 157 g/mol. The first-order chi connectivity index (χ1) is 4.56. The second-order valence-electron chi connectivity index (χ2n) is 2.94. The van der Waals surface area contributed by atoms with Gasteiger partial charge in [-0.1, -0.05) is 0 Å². The molecule has 0 saturated carbocycles. The van der Waals surface area contributed by atoms with Gasteiger partial charge in [-0.05, 0) is 7.05 Å². The molecule has 2 atom stereocenters. The molecule has 1 rings (SSSR count). The lowest BCUT2D eigenvalue weighted by molar-refractivity contribution is 0.493. The van der Waals surface area contributed by atoms with Crippen LogP contribution in [-0.4, -0.2) is 31.1 Å². The van der Waals surface area contributed by atoms with E-state index in [1.165, 1.54) is 0 Å². The summed E-state index contributed by atoms with van der Waals surface area (Å²) in [5.74, 6) is 2.85. The van der Waals surface area contributed by atoms with E-state index in [0.29, 0.717) is 6.16 Å². The van der Waals surface area contributed by atoms with Gasteiger partial charge in [-0.3, -0.25) is 4.67 Å². The van der Waals surface area contributed by atoms with Crippen LogP contribution in [0.2, 0.25) is 0 Å². The van der Waals surface area contributed by atoms with E-state index in [4.69, 9.17) is 6.42 Å². The molecule has 1 heterocycles. The van der Waals surface area contributed by atoms with Crippen LogP contribution in [0.5, 0.6) is 0 Å². The number of hydrogen-bond donors (Lipinski definition) is 0. The Morgan fingerprint density at radius 1 is 1.80 bits per heavy atom. The first kappa shape index (κ1) is 7.85. The lowest BCUT2D eigenvalue weighted by Gasteiger charge is -2.13. The summed E-state index contributed by atoms with van der Waals surface area (Å²) in [4.78, 5) is 0. The van der Waals surface area contributed by atoms with Crippen LogP contribution in [0, 0.1) is 18.3 Å². The average molecular weight is 157 g/mol. The first-order valence-corrected chi connectivity index (χ1v) is 5.60. The lowest BCUT2D eigenvalue weighted by Crippen LogP contribution is -2.10. The second-order valence-corrected chi connectivity index (χ2v) is 6.09. The molecule has 0 bridgehead atoms. The summed E-state index contributed by atoms with van der Waals surface area (Å²) in [6, 6.07) is 0. The fraction of sp³-hybridized carbons (Fsp3) is 0.714. The molecule has 3 heteroatoms. The second kappa shape index (κ2) is 2.42. The molecule has 10 heavy (non-hydrogen) atoms. The highest BCUT2D eigenvalue weighted by molar-refractivity contribution is 7.61. The van der Waals surface area contributed by atoms with Gasteiger partial charge in [0, 0.05) is 25.3 Å². The first-order valence-electron chi connectivity index (χ1n) is 3.30. The van der Waals surface area contributed by atoms with Gasteiger partial charge >= 0.3 is 0 Å². The summed E-state index contributed by atoms with van der Waals surface area (Å²) in [6.07, 6.45) is 5.91. The molecule has 2 unspecified atom stereocenters. The molecule has 0 spiro atoms.